The number of hydrogen-bond donors (Lipinski definition) is 0. The summed E-state index contributed by atoms with van der Waals surface area (Å²) < 4.78 is 38.8. The molecule has 0 aliphatic heterocycles. The van der Waals surface area contributed by atoms with Crippen molar-refractivity contribution < 1.29 is 17.9 Å². The third-order valence-electron chi connectivity index (χ3n) is 7.26. The van der Waals surface area contributed by atoms with E-state index in [0.717, 1.165) is 41.0 Å². The molecule has 0 heterocycles. The largest absolute Gasteiger partial charge is 0.493 e. The summed E-state index contributed by atoms with van der Waals surface area (Å²) in [7, 11) is -0.0975. The molecule has 1 aliphatic rings. The van der Waals surface area contributed by atoms with Gasteiger partial charge in [0.05, 0.1) is 24.4 Å². The van der Waals surface area contributed by atoms with Gasteiger partial charge < -0.3 is 9.47 Å². The van der Waals surface area contributed by atoms with Crippen LogP contribution in [0.1, 0.15) is 81.0 Å². The Kier molecular flexibility index (Phi) is 8.18. The molecule has 5 heteroatoms. The molecule has 0 N–H and O–H groups in total. The molecule has 0 radical (unpaired) electrons. The summed E-state index contributed by atoms with van der Waals surface area (Å²) in [5, 5.41) is -0.556. The molecule has 4 atom stereocenters. The van der Waals surface area contributed by atoms with E-state index in [0.29, 0.717) is 17.2 Å². The molecule has 0 aromatic heterocycles. The number of aryl methyl sites for hydroxylation is 2. The number of sulfone groups is 1. The second kappa shape index (κ2) is 10.6. The van der Waals surface area contributed by atoms with Gasteiger partial charge in [-0.05, 0) is 88.0 Å². The van der Waals surface area contributed by atoms with Crippen LogP contribution in [0.3, 0.4) is 0 Å². The highest BCUT2D eigenvalue weighted by Crippen LogP contribution is 2.51. The van der Waals surface area contributed by atoms with Crippen molar-refractivity contribution in [1.82, 2.24) is 0 Å². The highest BCUT2D eigenvalue weighted by molar-refractivity contribution is 7.92. The van der Waals surface area contributed by atoms with Gasteiger partial charge in [-0.25, -0.2) is 8.42 Å². The predicted octanol–water partition coefficient (Wildman–Crippen LogP) is 7.14. The van der Waals surface area contributed by atoms with Crippen LogP contribution in [0.2, 0.25) is 0 Å². The van der Waals surface area contributed by atoms with E-state index in [1.165, 1.54) is 11.1 Å². The average Bonchev–Trinajstić information content (AvgIpc) is 2.77. The molecule has 0 amide bonds. The van der Waals surface area contributed by atoms with Crippen molar-refractivity contribution in [2.75, 3.05) is 14.2 Å². The molecule has 3 rings (SSSR count). The normalized spacial score (nSPS) is 19.6. The van der Waals surface area contributed by atoms with Crippen molar-refractivity contribution in [2.45, 2.75) is 82.8 Å². The van der Waals surface area contributed by atoms with Crippen LogP contribution in [0.25, 0.3) is 0 Å². The molecular weight excluding hydrogens is 444 g/mol. The first-order valence-corrected chi connectivity index (χ1v) is 13.8. The topological polar surface area (TPSA) is 52.6 Å². The highest BCUT2D eigenvalue weighted by Gasteiger charge is 2.36. The summed E-state index contributed by atoms with van der Waals surface area (Å²) in [6.07, 6.45) is 4.59. The lowest BCUT2D eigenvalue weighted by atomic mass is 9.70. The lowest BCUT2D eigenvalue weighted by Crippen LogP contribution is -2.27. The minimum absolute atomic E-state index is 0.185. The van der Waals surface area contributed by atoms with Gasteiger partial charge in [-0.3, -0.25) is 0 Å². The van der Waals surface area contributed by atoms with Gasteiger partial charge in [-0.2, -0.15) is 0 Å². The van der Waals surface area contributed by atoms with Gasteiger partial charge in [0.25, 0.3) is 0 Å². The first kappa shape index (κ1) is 26.3. The standard InChI is InChI=1S/C29H40O4S/c1-18(2)15-24(34(30,31)23-12-9-19(3)10-13-23)16-21(5)25-14-11-20(4)27-26(25)17-22(6)28(32-7)29(27)33-8/h9-10,12-13,15,17,20-21,24-25H,11,14,16H2,1-8H3/t20-,21+,24?,25-/m0/s1. The second-order valence-electron chi connectivity index (χ2n) is 10.2. The van der Waals surface area contributed by atoms with E-state index in [9.17, 15) is 8.42 Å². The molecule has 4 nitrogen and oxygen atoms in total. The zero-order chi connectivity index (χ0) is 25.2. The van der Waals surface area contributed by atoms with E-state index in [1.54, 1.807) is 26.4 Å². The van der Waals surface area contributed by atoms with Gasteiger partial charge in [0.2, 0.25) is 0 Å². The number of rotatable bonds is 8. The lowest BCUT2D eigenvalue weighted by Gasteiger charge is -2.36. The summed E-state index contributed by atoms with van der Waals surface area (Å²) in [4.78, 5) is 0.396. The maximum atomic E-state index is 13.7. The third kappa shape index (κ3) is 5.19. The van der Waals surface area contributed by atoms with Crippen molar-refractivity contribution in [3.8, 4) is 11.5 Å². The van der Waals surface area contributed by atoms with E-state index in [1.807, 2.05) is 39.0 Å². The Morgan fingerprint density at radius 2 is 1.68 bits per heavy atom. The van der Waals surface area contributed by atoms with Crippen LogP contribution in [0, 0.1) is 19.8 Å². The monoisotopic (exact) mass is 484 g/mol. The zero-order valence-electron chi connectivity index (χ0n) is 21.9. The number of allylic oxidation sites excluding steroid dienone is 1. The molecular formula is C29H40O4S. The Morgan fingerprint density at radius 1 is 1.06 bits per heavy atom. The van der Waals surface area contributed by atoms with E-state index >= 15 is 0 Å². The number of methoxy groups -OCH3 is 2. The lowest BCUT2D eigenvalue weighted by molar-refractivity contribution is 0.329. The molecule has 0 fully saturated rings. The van der Waals surface area contributed by atoms with Gasteiger partial charge >= 0.3 is 0 Å². The number of ether oxygens (including phenoxy) is 2. The van der Waals surface area contributed by atoms with E-state index in [2.05, 4.69) is 26.8 Å². The second-order valence-corrected chi connectivity index (χ2v) is 12.4. The fourth-order valence-electron chi connectivity index (χ4n) is 5.49. The van der Waals surface area contributed by atoms with Crippen molar-refractivity contribution in [1.29, 1.82) is 0 Å². The Balaban J connectivity index is 2.01. The Hall–Kier alpha value is -2.27. The summed E-state index contributed by atoms with van der Waals surface area (Å²) in [5.74, 6) is 2.45. The van der Waals surface area contributed by atoms with Gasteiger partial charge in [0, 0.05) is 5.56 Å². The van der Waals surface area contributed by atoms with Gasteiger partial charge in [-0.1, -0.05) is 49.3 Å². The predicted molar refractivity (Wildman–Crippen MR) is 140 cm³/mol. The van der Waals surface area contributed by atoms with Gasteiger partial charge in [-0.15, -0.1) is 0 Å². The molecule has 1 unspecified atom stereocenters. The zero-order valence-corrected chi connectivity index (χ0v) is 22.8. The smallest absolute Gasteiger partial charge is 0.184 e. The highest BCUT2D eigenvalue weighted by atomic mass is 32.2. The minimum atomic E-state index is -3.49. The molecule has 1 aliphatic carbocycles. The molecule has 34 heavy (non-hydrogen) atoms. The molecule has 2 aromatic rings. The van der Waals surface area contributed by atoms with Gasteiger partial charge in [0.1, 0.15) is 0 Å². The van der Waals surface area contributed by atoms with E-state index < -0.39 is 15.1 Å². The number of fused-ring (bicyclic) bond motifs is 1. The molecule has 0 bridgehead atoms. The Morgan fingerprint density at radius 3 is 2.24 bits per heavy atom. The summed E-state index contributed by atoms with van der Waals surface area (Å²) in [6, 6.07) is 9.45. The summed E-state index contributed by atoms with van der Waals surface area (Å²) in [6.45, 7) is 12.4. The fourth-order valence-corrected chi connectivity index (χ4v) is 7.36. The molecule has 0 saturated heterocycles. The van der Waals surface area contributed by atoms with Crippen molar-refractivity contribution in [3.63, 3.8) is 0 Å². The number of benzene rings is 2. The SMILES string of the molecule is COc1c(C)cc2c(c1OC)[C@@H](C)CC[C@H]2[C@H](C)CC(C=C(C)C)S(=O)(=O)c1ccc(C)cc1. The van der Waals surface area contributed by atoms with Crippen LogP contribution in [0.15, 0.2) is 46.9 Å². The minimum Gasteiger partial charge on any atom is -0.493 e. The molecule has 2 aromatic carbocycles. The van der Waals surface area contributed by atoms with Crippen LogP contribution in [0.4, 0.5) is 0 Å². The third-order valence-corrected chi connectivity index (χ3v) is 9.32. The van der Waals surface area contributed by atoms with Gasteiger partial charge in [0.15, 0.2) is 21.3 Å². The molecule has 0 saturated carbocycles. The first-order chi connectivity index (χ1) is 16.0. The van der Waals surface area contributed by atoms with Crippen LogP contribution in [-0.4, -0.2) is 27.9 Å². The Labute approximate surface area is 206 Å². The average molecular weight is 485 g/mol. The van der Waals surface area contributed by atoms with Crippen LogP contribution < -0.4 is 9.47 Å². The number of hydrogen-bond acceptors (Lipinski definition) is 4. The summed E-state index contributed by atoms with van der Waals surface area (Å²) >= 11 is 0. The maximum Gasteiger partial charge on any atom is 0.184 e. The van der Waals surface area contributed by atoms with E-state index in [4.69, 9.17) is 9.47 Å². The van der Waals surface area contributed by atoms with Crippen LogP contribution in [-0.2, 0) is 9.84 Å². The molecule has 0 spiro atoms. The van der Waals surface area contributed by atoms with Crippen LogP contribution >= 0.6 is 0 Å². The first-order valence-electron chi connectivity index (χ1n) is 12.2. The summed E-state index contributed by atoms with van der Waals surface area (Å²) in [5.41, 5.74) is 5.63. The Bertz CT molecular complexity index is 1140. The van der Waals surface area contributed by atoms with Crippen molar-refractivity contribution in [2.24, 2.45) is 5.92 Å². The molecule has 186 valence electrons. The van der Waals surface area contributed by atoms with Crippen molar-refractivity contribution >= 4 is 9.84 Å². The fraction of sp³-hybridized carbons (Fsp3) is 0.517. The van der Waals surface area contributed by atoms with E-state index in [-0.39, 0.29) is 11.8 Å². The quantitative estimate of drug-likeness (QED) is 0.374. The maximum absolute atomic E-state index is 13.7. The van der Waals surface area contributed by atoms with Crippen molar-refractivity contribution in [3.05, 3.63) is 64.2 Å². The van der Waals surface area contributed by atoms with Crippen LogP contribution in [0.5, 0.6) is 11.5 Å².